The monoisotopic (exact) mass is 285 g/mol. The first-order valence-corrected chi connectivity index (χ1v) is 6.16. The molecule has 2 nitrogen and oxygen atoms in total. The van der Waals surface area contributed by atoms with Crippen LogP contribution < -0.4 is 5.32 Å². The normalized spacial score (nSPS) is 20.0. The minimum absolute atomic E-state index is 0.0782. The molecule has 4 heteroatoms. The van der Waals surface area contributed by atoms with Gasteiger partial charge in [0.1, 0.15) is 5.82 Å². The van der Waals surface area contributed by atoms with Crippen LogP contribution in [0.5, 0.6) is 0 Å². The number of ketones is 1. The third-order valence-corrected chi connectivity index (χ3v) is 3.31. The maximum atomic E-state index is 13.4. The molecular formula is C12H13BrFNO. The average molecular weight is 286 g/mol. The molecule has 1 fully saturated rings. The molecule has 1 N–H and O–H groups in total. The van der Waals surface area contributed by atoms with Crippen LogP contribution in [0.3, 0.4) is 0 Å². The Morgan fingerprint density at radius 1 is 1.56 bits per heavy atom. The fourth-order valence-corrected chi connectivity index (χ4v) is 2.36. The van der Waals surface area contributed by atoms with Crippen LogP contribution in [0.2, 0.25) is 0 Å². The fraction of sp³-hybridized carbons (Fsp3) is 0.417. The van der Waals surface area contributed by atoms with Gasteiger partial charge in [-0.25, -0.2) is 4.39 Å². The van der Waals surface area contributed by atoms with Crippen LogP contribution in [-0.4, -0.2) is 18.4 Å². The predicted molar refractivity (Wildman–Crippen MR) is 63.8 cm³/mol. The Hall–Kier alpha value is -0.740. The molecule has 2 rings (SSSR count). The minimum Gasteiger partial charge on any atom is -0.307 e. The third kappa shape index (κ3) is 2.68. The van der Waals surface area contributed by atoms with Crippen LogP contribution in [0.1, 0.15) is 18.4 Å². The Morgan fingerprint density at radius 3 is 3.06 bits per heavy atom. The van der Waals surface area contributed by atoms with Crippen molar-refractivity contribution in [1.82, 2.24) is 5.32 Å². The summed E-state index contributed by atoms with van der Waals surface area (Å²) in [5.74, 6) is -0.232. The first-order valence-electron chi connectivity index (χ1n) is 5.37. The molecule has 0 amide bonds. The second-order valence-electron chi connectivity index (χ2n) is 4.03. The highest BCUT2D eigenvalue weighted by Crippen LogP contribution is 2.17. The Kier molecular flexibility index (Phi) is 3.71. The summed E-state index contributed by atoms with van der Waals surface area (Å²) in [6.07, 6.45) is 2.06. The van der Waals surface area contributed by atoms with Crippen molar-refractivity contribution in [3.05, 3.63) is 34.1 Å². The lowest BCUT2D eigenvalue weighted by molar-refractivity contribution is -0.120. The molecule has 1 heterocycles. The lowest BCUT2D eigenvalue weighted by Gasteiger charge is -2.09. The van der Waals surface area contributed by atoms with Gasteiger partial charge in [0.05, 0.1) is 6.04 Å². The van der Waals surface area contributed by atoms with E-state index in [9.17, 15) is 9.18 Å². The van der Waals surface area contributed by atoms with E-state index in [1.165, 1.54) is 6.07 Å². The van der Waals surface area contributed by atoms with Gasteiger partial charge in [-0.15, -0.1) is 0 Å². The largest absolute Gasteiger partial charge is 0.307 e. The van der Waals surface area contributed by atoms with Crippen LogP contribution in [0.25, 0.3) is 0 Å². The van der Waals surface area contributed by atoms with E-state index in [0.29, 0.717) is 5.56 Å². The molecule has 1 aliphatic rings. The number of benzene rings is 1. The minimum atomic E-state index is -0.311. The predicted octanol–water partition coefficient (Wildman–Crippen LogP) is 2.45. The number of halogens is 2. The number of hydrogen-bond acceptors (Lipinski definition) is 2. The fourth-order valence-electron chi connectivity index (χ4n) is 1.95. The highest BCUT2D eigenvalue weighted by Gasteiger charge is 2.22. The molecule has 0 aliphatic carbocycles. The van der Waals surface area contributed by atoms with Crippen LogP contribution in [0.15, 0.2) is 22.7 Å². The van der Waals surface area contributed by atoms with Crippen LogP contribution >= 0.6 is 15.9 Å². The number of hydrogen-bond donors (Lipinski definition) is 1. The smallest absolute Gasteiger partial charge is 0.154 e. The summed E-state index contributed by atoms with van der Waals surface area (Å²) in [4.78, 5) is 11.8. The summed E-state index contributed by atoms with van der Waals surface area (Å²) in [5.41, 5.74) is 0.466. The quantitative estimate of drug-likeness (QED) is 0.924. The molecule has 86 valence electrons. The van der Waals surface area contributed by atoms with E-state index in [-0.39, 0.29) is 24.1 Å². The van der Waals surface area contributed by atoms with Crippen molar-refractivity contribution in [3.63, 3.8) is 0 Å². The SMILES string of the molecule is O=C(Cc1cc(Br)ccc1F)C1CCCN1. The molecule has 0 aromatic heterocycles. The molecular weight excluding hydrogens is 273 g/mol. The summed E-state index contributed by atoms with van der Waals surface area (Å²) in [6, 6.07) is 4.60. The molecule has 1 saturated heterocycles. The maximum absolute atomic E-state index is 13.4. The lowest BCUT2D eigenvalue weighted by atomic mass is 10.0. The van der Waals surface area contributed by atoms with Crippen molar-refractivity contribution < 1.29 is 9.18 Å². The zero-order valence-corrected chi connectivity index (χ0v) is 10.4. The molecule has 0 radical (unpaired) electrons. The number of carbonyl (C=O) groups excluding carboxylic acids is 1. The number of nitrogens with one attached hydrogen (secondary N) is 1. The zero-order chi connectivity index (χ0) is 11.5. The summed E-state index contributed by atoms with van der Waals surface area (Å²) in [6.45, 7) is 0.886. The molecule has 1 unspecified atom stereocenters. The summed E-state index contributed by atoms with van der Waals surface area (Å²) in [7, 11) is 0. The van der Waals surface area contributed by atoms with Crippen molar-refractivity contribution in [2.75, 3.05) is 6.54 Å². The van der Waals surface area contributed by atoms with Gasteiger partial charge in [0.15, 0.2) is 5.78 Å². The van der Waals surface area contributed by atoms with Gasteiger partial charge in [0.2, 0.25) is 0 Å². The van der Waals surface area contributed by atoms with E-state index in [0.717, 1.165) is 23.9 Å². The van der Waals surface area contributed by atoms with E-state index in [1.54, 1.807) is 12.1 Å². The van der Waals surface area contributed by atoms with Gasteiger partial charge in [-0.2, -0.15) is 0 Å². The third-order valence-electron chi connectivity index (χ3n) is 2.82. The highest BCUT2D eigenvalue weighted by molar-refractivity contribution is 9.10. The Bertz CT molecular complexity index is 402. The van der Waals surface area contributed by atoms with Crippen molar-refractivity contribution in [1.29, 1.82) is 0 Å². The second-order valence-corrected chi connectivity index (χ2v) is 4.94. The lowest BCUT2D eigenvalue weighted by Crippen LogP contribution is -2.32. The van der Waals surface area contributed by atoms with Gasteiger partial charge in [-0.05, 0) is 43.1 Å². The summed E-state index contributed by atoms with van der Waals surface area (Å²) < 4.78 is 14.2. The van der Waals surface area contributed by atoms with Gasteiger partial charge < -0.3 is 5.32 Å². The first kappa shape index (κ1) is 11.7. The molecule has 16 heavy (non-hydrogen) atoms. The van der Waals surface area contributed by atoms with E-state index < -0.39 is 0 Å². The van der Waals surface area contributed by atoms with Gasteiger partial charge in [-0.3, -0.25) is 4.79 Å². The summed E-state index contributed by atoms with van der Waals surface area (Å²) >= 11 is 3.28. The molecule has 1 aliphatic heterocycles. The second kappa shape index (κ2) is 5.06. The van der Waals surface area contributed by atoms with Gasteiger partial charge in [0.25, 0.3) is 0 Å². The van der Waals surface area contributed by atoms with E-state index in [1.807, 2.05) is 0 Å². The van der Waals surface area contributed by atoms with Crippen molar-refractivity contribution >= 4 is 21.7 Å². The molecule has 1 aromatic carbocycles. The molecule has 0 bridgehead atoms. The Morgan fingerprint density at radius 2 is 2.38 bits per heavy atom. The molecule has 0 spiro atoms. The van der Waals surface area contributed by atoms with E-state index in [4.69, 9.17) is 0 Å². The van der Waals surface area contributed by atoms with Gasteiger partial charge in [-0.1, -0.05) is 15.9 Å². The maximum Gasteiger partial charge on any atom is 0.154 e. The zero-order valence-electron chi connectivity index (χ0n) is 8.80. The standard InChI is InChI=1S/C12H13BrFNO/c13-9-3-4-10(14)8(6-9)7-12(16)11-2-1-5-15-11/h3-4,6,11,15H,1-2,5,7H2. The Labute approximate surface area is 102 Å². The van der Waals surface area contributed by atoms with Crippen molar-refractivity contribution in [2.24, 2.45) is 0 Å². The Balaban J connectivity index is 2.07. The van der Waals surface area contributed by atoms with E-state index >= 15 is 0 Å². The molecule has 1 aromatic rings. The first-order chi connectivity index (χ1) is 7.66. The van der Waals surface area contributed by atoms with Crippen molar-refractivity contribution in [3.8, 4) is 0 Å². The van der Waals surface area contributed by atoms with Crippen LogP contribution in [0, 0.1) is 5.82 Å². The van der Waals surface area contributed by atoms with Crippen LogP contribution in [-0.2, 0) is 11.2 Å². The average Bonchev–Trinajstić information content (AvgIpc) is 2.76. The number of Topliss-reactive ketones (excluding diaryl/α,β-unsaturated/α-hetero) is 1. The van der Waals surface area contributed by atoms with Crippen molar-refractivity contribution in [2.45, 2.75) is 25.3 Å². The van der Waals surface area contributed by atoms with Crippen LogP contribution in [0.4, 0.5) is 4.39 Å². The van der Waals surface area contributed by atoms with E-state index in [2.05, 4.69) is 21.2 Å². The molecule has 1 atom stereocenters. The topological polar surface area (TPSA) is 29.1 Å². The highest BCUT2D eigenvalue weighted by atomic mass is 79.9. The number of carbonyl (C=O) groups is 1. The number of rotatable bonds is 3. The van der Waals surface area contributed by atoms with Gasteiger partial charge in [0, 0.05) is 10.9 Å². The van der Waals surface area contributed by atoms with Gasteiger partial charge >= 0.3 is 0 Å². The molecule has 0 saturated carbocycles. The summed E-state index contributed by atoms with van der Waals surface area (Å²) in [5, 5.41) is 3.13.